The van der Waals surface area contributed by atoms with Crippen LogP contribution in [0, 0.1) is 13.8 Å². The van der Waals surface area contributed by atoms with Gasteiger partial charge < -0.3 is 0 Å². The minimum atomic E-state index is -3.61. The van der Waals surface area contributed by atoms with Gasteiger partial charge in [-0.05, 0) is 66.8 Å². The number of benzene rings is 2. The summed E-state index contributed by atoms with van der Waals surface area (Å²) in [6.45, 7) is 4.02. The van der Waals surface area contributed by atoms with E-state index in [-0.39, 0.29) is 10.1 Å². The number of hydrogen-bond acceptors (Lipinski definition) is 6. The summed E-state index contributed by atoms with van der Waals surface area (Å²) in [5, 5.41) is 5.05. The first kappa shape index (κ1) is 19.6. The molecule has 1 amide bonds. The van der Waals surface area contributed by atoms with Crippen molar-refractivity contribution in [3.05, 3.63) is 70.6 Å². The average molecular weight is 444 g/mol. The molecule has 148 valence electrons. The van der Waals surface area contributed by atoms with E-state index < -0.39 is 10.0 Å². The molecule has 0 fully saturated rings. The van der Waals surface area contributed by atoms with E-state index in [1.54, 1.807) is 35.7 Å². The Hall–Kier alpha value is -2.75. The first-order valence-corrected chi connectivity index (χ1v) is 11.9. The van der Waals surface area contributed by atoms with Gasteiger partial charge in [0.05, 0.1) is 10.2 Å². The smallest absolute Gasteiger partial charge is 0.271 e. The number of aryl methyl sites for hydroxylation is 2. The van der Waals surface area contributed by atoms with E-state index >= 15 is 0 Å². The number of carbonyl (C=O) groups is 1. The molecule has 0 unspecified atom stereocenters. The molecule has 4 rings (SSSR count). The Labute approximate surface area is 176 Å². The monoisotopic (exact) mass is 443 g/mol. The highest BCUT2D eigenvalue weighted by molar-refractivity contribution is 7.94. The molecular weight excluding hydrogens is 426 g/mol. The predicted molar refractivity (Wildman–Crippen MR) is 119 cm³/mol. The summed E-state index contributed by atoms with van der Waals surface area (Å²) in [5.74, 6) is -0.300. The SMILES string of the molecule is Cc1cc(C)c2nc(NC(=O)c3ccc(NS(=O)(=O)c4cccs4)cc3)sc2c1. The maximum Gasteiger partial charge on any atom is 0.271 e. The van der Waals surface area contributed by atoms with Gasteiger partial charge in [-0.15, -0.1) is 11.3 Å². The fourth-order valence-electron chi connectivity index (χ4n) is 2.90. The number of nitrogens with one attached hydrogen (secondary N) is 2. The summed E-state index contributed by atoms with van der Waals surface area (Å²) < 4.78 is 28.3. The van der Waals surface area contributed by atoms with Crippen molar-refractivity contribution in [2.24, 2.45) is 0 Å². The normalized spacial score (nSPS) is 11.5. The Bertz CT molecular complexity index is 1290. The first-order chi connectivity index (χ1) is 13.8. The highest BCUT2D eigenvalue weighted by atomic mass is 32.2. The maximum atomic E-state index is 12.5. The lowest BCUT2D eigenvalue weighted by molar-refractivity contribution is 0.102. The molecule has 29 heavy (non-hydrogen) atoms. The molecule has 0 aliphatic heterocycles. The molecule has 0 saturated heterocycles. The van der Waals surface area contributed by atoms with Gasteiger partial charge in [0.15, 0.2) is 5.13 Å². The van der Waals surface area contributed by atoms with E-state index in [2.05, 4.69) is 21.1 Å². The number of nitrogens with zero attached hydrogens (tertiary/aromatic N) is 1. The molecule has 0 spiro atoms. The van der Waals surface area contributed by atoms with Gasteiger partial charge >= 0.3 is 0 Å². The third-order valence-electron chi connectivity index (χ3n) is 4.21. The predicted octanol–water partition coefficient (Wildman–Crippen LogP) is 5.03. The van der Waals surface area contributed by atoms with E-state index in [0.29, 0.717) is 16.4 Å². The Balaban J connectivity index is 1.49. The molecular formula is C20H17N3O3S3. The van der Waals surface area contributed by atoms with Crippen LogP contribution in [0.1, 0.15) is 21.5 Å². The molecule has 0 bridgehead atoms. The van der Waals surface area contributed by atoms with Crippen LogP contribution < -0.4 is 10.0 Å². The van der Waals surface area contributed by atoms with Crippen LogP contribution >= 0.6 is 22.7 Å². The Morgan fingerprint density at radius 3 is 2.52 bits per heavy atom. The highest BCUT2D eigenvalue weighted by Crippen LogP contribution is 2.29. The zero-order chi connectivity index (χ0) is 20.6. The number of hydrogen-bond donors (Lipinski definition) is 2. The van der Waals surface area contributed by atoms with Crippen molar-refractivity contribution in [1.82, 2.24) is 4.98 Å². The number of thiazole rings is 1. The van der Waals surface area contributed by atoms with Gasteiger partial charge in [0, 0.05) is 11.3 Å². The summed E-state index contributed by atoms with van der Waals surface area (Å²) in [6, 6.07) is 13.6. The zero-order valence-electron chi connectivity index (χ0n) is 15.6. The third-order valence-corrected chi connectivity index (χ3v) is 7.91. The van der Waals surface area contributed by atoms with Gasteiger partial charge in [-0.2, -0.15) is 0 Å². The van der Waals surface area contributed by atoms with Crippen molar-refractivity contribution >= 4 is 59.6 Å². The van der Waals surface area contributed by atoms with E-state index in [4.69, 9.17) is 0 Å². The molecule has 2 N–H and O–H groups in total. The quantitative estimate of drug-likeness (QED) is 0.453. The lowest BCUT2D eigenvalue weighted by atomic mass is 10.1. The lowest BCUT2D eigenvalue weighted by Crippen LogP contribution is -2.13. The van der Waals surface area contributed by atoms with Gasteiger partial charge in [-0.3, -0.25) is 14.8 Å². The molecule has 2 aromatic heterocycles. The fraction of sp³-hybridized carbons (Fsp3) is 0.100. The van der Waals surface area contributed by atoms with Gasteiger partial charge in [-0.1, -0.05) is 23.5 Å². The molecule has 0 atom stereocenters. The summed E-state index contributed by atoms with van der Waals surface area (Å²) in [7, 11) is -3.61. The van der Waals surface area contributed by atoms with Crippen molar-refractivity contribution in [2.45, 2.75) is 18.1 Å². The summed E-state index contributed by atoms with van der Waals surface area (Å²) >= 11 is 2.57. The number of rotatable bonds is 5. The molecule has 0 aliphatic rings. The fourth-order valence-corrected chi connectivity index (χ4v) is 5.99. The largest absolute Gasteiger partial charge is 0.298 e. The third kappa shape index (κ3) is 4.16. The minimum absolute atomic E-state index is 0.237. The molecule has 0 radical (unpaired) electrons. The van der Waals surface area contributed by atoms with Crippen molar-refractivity contribution in [3.63, 3.8) is 0 Å². The van der Waals surface area contributed by atoms with E-state index in [0.717, 1.165) is 32.7 Å². The van der Waals surface area contributed by atoms with Crippen molar-refractivity contribution in [3.8, 4) is 0 Å². The topological polar surface area (TPSA) is 88.2 Å². The molecule has 0 saturated carbocycles. The molecule has 9 heteroatoms. The minimum Gasteiger partial charge on any atom is -0.298 e. The Morgan fingerprint density at radius 2 is 1.83 bits per heavy atom. The average Bonchev–Trinajstić information content (AvgIpc) is 3.32. The van der Waals surface area contributed by atoms with Crippen molar-refractivity contribution in [2.75, 3.05) is 10.0 Å². The summed E-state index contributed by atoms with van der Waals surface area (Å²) in [4.78, 5) is 17.1. The van der Waals surface area contributed by atoms with Crippen molar-refractivity contribution < 1.29 is 13.2 Å². The number of carbonyl (C=O) groups excluding carboxylic acids is 1. The van der Waals surface area contributed by atoms with Crippen LogP contribution in [0.15, 0.2) is 58.1 Å². The number of fused-ring (bicyclic) bond motifs is 1. The summed E-state index contributed by atoms with van der Waals surface area (Å²) in [6.07, 6.45) is 0. The second-order valence-corrected chi connectivity index (χ2v) is 10.4. The molecule has 4 aromatic rings. The van der Waals surface area contributed by atoms with Crippen LogP contribution in [0.4, 0.5) is 10.8 Å². The van der Waals surface area contributed by atoms with Crippen LogP contribution in [0.2, 0.25) is 0 Å². The zero-order valence-corrected chi connectivity index (χ0v) is 18.0. The van der Waals surface area contributed by atoms with Crippen LogP contribution in [-0.4, -0.2) is 19.3 Å². The van der Waals surface area contributed by atoms with Gasteiger partial charge in [0.1, 0.15) is 4.21 Å². The van der Waals surface area contributed by atoms with Crippen LogP contribution in [-0.2, 0) is 10.0 Å². The van der Waals surface area contributed by atoms with Gasteiger partial charge in [0.25, 0.3) is 15.9 Å². The highest BCUT2D eigenvalue weighted by Gasteiger charge is 2.16. The number of thiophene rings is 1. The van der Waals surface area contributed by atoms with Crippen LogP contribution in [0.25, 0.3) is 10.2 Å². The van der Waals surface area contributed by atoms with Crippen molar-refractivity contribution in [1.29, 1.82) is 0 Å². The van der Waals surface area contributed by atoms with Crippen LogP contribution in [0.5, 0.6) is 0 Å². The molecule has 2 heterocycles. The first-order valence-electron chi connectivity index (χ1n) is 8.67. The van der Waals surface area contributed by atoms with E-state index in [1.165, 1.54) is 17.4 Å². The molecule has 2 aromatic carbocycles. The molecule has 0 aliphatic carbocycles. The van der Waals surface area contributed by atoms with Crippen LogP contribution in [0.3, 0.4) is 0 Å². The number of sulfonamides is 1. The number of amides is 1. The Kier molecular flexibility index (Phi) is 5.12. The second-order valence-electron chi connectivity index (χ2n) is 6.52. The second kappa shape index (κ2) is 7.58. The van der Waals surface area contributed by atoms with Gasteiger partial charge in [0.2, 0.25) is 0 Å². The maximum absolute atomic E-state index is 12.5. The van der Waals surface area contributed by atoms with E-state index in [9.17, 15) is 13.2 Å². The van der Waals surface area contributed by atoms with Gasteiger partial charge in [-0.25, -0.2) is 13.4 Å². The number of aromatic nitrogens is 1. The van der Waals surface area contributed by atoms with E-state index in [1.807, 2.05) is 19.9 Å². The standard InChI is InChI=1S/C20H17N3O3S3/c1-12-10-13(2)18-16(11-12)28-20(21-18)22-19(24)14-5-7-15(8-6-14)23-29(25,26)17-4-3-9-27-17/h3-11,23H,1-2H3,(H,21,22,24). The Morgan fingerprint density at radius 1 is 1.07 bits per heavy atom. The summed E-state index contributed by atoms with van der Waals surface area (Å²) in [5.41, 5.74) is 3.91. The molecule has 6 nitrogen and oxygen atoms in total. The number of anilines is 2. The lowest BCUT2D eigenvalue weighted by Gasteiger charge is -2.07.